The van der Waals surface area contributed by atoms with Gasteiger partial charge in [0, 0.05) is 35.8 Å². The molecule has 30 heavy (non-hydrogen) atoms. The summed E-state index contributed by atoms with van der Waals surface area (Å²) in [5.41, 5.74) is 0.775. The Kier molecular flexibility index (Phi) is 6.11. The number of aromatic nitrogens is 2. The molecule has 0 saturated heterocycles. The van der Waals surface area contributed by atoms with Crippen molar-refractivity contribution in [1.29, 1.82) is 0 Å². The molecule has 0 atom stereocenters. The third kappa shape index (κ3) is 4.63. The first-order valence-corrected chi connectivity index (χ1v) is 8.77. The number of carbonyl (C=O) groups excluding carboxylic acids is 2. The van der Waals surface area contributed by atoms with Gasteiger partial charge >= 0.3 is 11.8 Å². The van der Waals surface area contributed by atoms with Crippen LogP contribution in [0.15, 0.2) is 47.0 Å². The lowest BCUT2D eigenvalue weighted by Gasteiger charge is -2.05. The van der Waals surface area contributed by atoms with Gasteiger partial charge in [-0.05, 0) is 25.1 Å². The molecule has 0 spiro atoms. The molecule has 0 unspecified atom stereocenters. The predicted molar refractivity (Wildman–Crippen MR) is 102 cm³/mol. The van der Waals surface area contributed by atoms with Gasteiger partial charge in [-0.1, -0.05) is 23.4 Å². The Morgan fingerprint density at radius 2 is 1.83 bits per heavy atom. The number of nitrogens with zero attached hydrogens (tertiary/aromatic N) is 3. The SMILES string of the molecule is Cc1c(-c2noc(C(=O)NCCNC(=O)c3cccc(F)c3)n2)cccc1[N+](=O)[O-]. The highest BCUT2D eigenvalue weighted by Gasteiger charge is 2.20. The molecule has 2 aromatic carbocycles. The van der Waals surface area contributed by atoms with Gasteiger partial charge in [-0.15, -0.1) is 0 Å². The van der Waals surface area contributed by atoms with Crippen LogP contribution >= 0.6 is 0 Å². The number of carbonyl (C=O) groups is 2. The van der Waals surface area contributed by atoms with Gasteiger partial charge in [0.2, 0.25) is 5.82 Å². The number of halogens is 1. The van der Waals surface area contributed by atoms with E-state index in [1.165, 1.54) is 30.3 Å². The first-order valence-electron chi connectivity index (χ1n) is 8.77. The van der Waals surface area contributed by atoms with Crippen molar-refractivity contribution >= 4 is 17.5 Å². The molecule has 154 valence electrons. The van der Waals surface area contributed by atoms with Crippen molar-refractivity contribution in [3.05, 3.63) is 75.4 Å². The molecule has 2 N–H and O–H groups in total. The lowest BCUT2D eigenvalue weighted by atomic mass is 10.1. The van der Waals surface area contributed by atoms with E-state index in [2.05, 4.69) is 20.8 Å². The Balaban J connectivity index is 1.56. The molecule has 1 aromatic heterocycles. The first kappa shape index (κ1) is 20.6. The van der Waals surface area contributed by atoms with Crippen LogP contribution in [0.3, 0.4) is 0 Å². The standard InChI is InChI=1S/C19H16FN5O5/c1-11-14(6-3-7-15(11)25(28)29)16-23-19(30-24-16)18(27)22-9-8-21-17(26)12-4-2-5-13(20)10-12/h2-7,10H,8-9H2,1H3,(H,21,26)(H,22,27). The van der Waals surface area contributed by atoms with E-state index in [9.17, 15) is 24.1 Å². The summed E-state index contributed by atoms with van der Waals surface area (Å²) in [6.45, 7) is 1.70. The molecule has 0 radical (unpaired) electrons. The molecule has 0 bridgehead atoms. The van der Waals surface area contributed by atoms with E-state index in [1.807, 2.05) is 0 Å². The molecule has 3 rings (SSSR count). The van der Waals surface area contributed by atoms with E-state index >= 15 is 0 Å². The lowest BCUT2D eigenvalue weighted by Crippen LogP contribution is -2.34. The molecular formula is C19H16FN5O5. The number of nitro groups is 1. The highest BCUT2D eigenvalue weighted by molar-refractivity contribution is 5.94. The Morgan fingerprint density at radius 3 is 2.53 bits per heavy atom. The minimum atomic E-state index is -0.670. The largest absolute Gasteiger partial charge is 0.350 e. The number of hydrogen-bond acceptors (Lipinski definition) is 7. The summed E-state index contributed by atoms with van der Waals surface area (Å²) in [4.78, 5) is 38.5. The molecule has 0 aliphatic carbocycles. The van der Waals surface area contributed by atoms with Crippen molar-refractivity contribution in [3.8, 4) is 11.4 Å². The maximum Gasteiger partial charge on any atom is 0.316 e. The number of rotatable bonds is 7. The van der Waals surface area contributed by atoms with Crippen LogP contribution in [0.5, 0.6) is 0 Å². The van der Waals surface area contributed by atoms with Crippen LogP contribution in [0.1, 0.15) is 26.6 Å². The summed E-state index contributed by atoms with van der Waals surface area (Å²) < 4.78 is 18.1. The molecule has 0 aliphatic heterocycles. The van der Waals surface area contributed by atoms with Gasteiger partial charge in [-0.25, -0.2) is 4.39 Å². The van der Waals surface area contributed by atoms with Crippen LogP contribution in [0.4, 0.5) is 10.1 Å². The zero-order chi connectivity index (χ0) is 21.7. The minimum Gasteiger partial charge on any atom is -0.350 e. The molecular weight excluding hydrogens is 397 g/mol. The van der Waals surface area contributed by atoms with Gasteiger partial charge in [0.05, 0.1) is 4.92 Å². The third-order valence-corrected chi connectivity index (χ3v) is 4.15. The van der Waals surface area contributed by atoms with E-state index in [0.717, 1.165) is 6.07 Å². The van der Waals surface area contributed by atoms with Gasteiger partial charge in [0.1, 0.15) is 5.82 Å². The zero-order valence-corrected chi connectivity index (χ0v) is 15.7. The highest BCUT2D eigenvalue weighted by atomic mass is 19.1. The maximum atomic E-state index is 13.1. The van der Waals surface area contributed by atoms with E-state index in [0.29, 0.717) is 11.1 Å². The zero-order valence-electron chi connectivity index (χ0n) is 15.7. The fraction of sp³-hybridized carbons (Fsp3) is 0.158. The second-order valence-corrected chi connectivity index (χ2v) is 6.15. The lowest BCUT2D eigenvalue weighted by molar-refractivity contribution is -0.385. The van der Waals surface area contributed by atoms with E-state index < -0.39 is 22.6 Å². The molecule has 0 fully saturated rings. The molecule has 2 amide bonds. The van der Waals surface area contributed by atoms with Crippen LogP contribution in [0.25, 0.3) is 11.4 Å². The van der Waals surface area contributed by atoms with Gasteiger partial charge in [0.25, 0.3) is 11.6 Å². The Morgan fingerprint density at radius 1 is 1.13 bits per heavy atom. The van der Waals surface area contributed by atoms with Crippen molar-refractivity contribution in [2.24, 2.45) is 0 Å². The quantitative estimate of drug-likeness (QED) is 0.344. The van der Waals surface area contributed by atoms with Crippen LogP contribution in [-0.4, -0.2) is 40.0 Å². The summed E-state index contributed by atoms with van der Waals surface area (Å²) in [7, 11) is 0. The number of amides is 2. The van der Waals surface area contributed by atoms with E-state index in [-0.39, 0.29) is 36.1 Å². The fourth-order valence-electron chi connectivity index (χ4n) is 2.65. The van der Waals surface area contributed by atoms with Crippen molar-refractivity contribution in [2.45, 2.75) is 6.92 Å². The minimum absolute atomic E-state index is 0.0424. The number of hydrogen-bond donors (Lipinski definition) is 2. The Hall–Kier alpha value is -4.15. The van der Waals surface area contributed by atoms with Gasteiger partial charge in [0.15, 0.2) is 0 Å². The van der Waals surface area contributed by atoms with Crippen LogP contribution in [0.2, 0.25) is 0 Å². The van der Waals surface area contributed by atoms with Gasteiger partial charge < -0.3 is 15.2 Å². The van der Waals surface area contributed by atoms with E-state index in [1.54, 1.807) is 13.0 Å². The maximum absolute atomic E-state index is 13.1. The smallest absolute Gasteiger partial charge is 0.316 e. The molecule has 1 heterocycles. The van der Waals surface area contributed by atoms with Crippen LogP contribution in [0, 0.1) is 22.9 Å². The summed E-state index contributed by atoms with van der Waals surface area (Å²) in [6, 6.07) is 9.63. The molecule has 11 heteroatoms. The van der Waals surface area contributed by atoms with Gasteiger partial charge in [-0.3, -0.25) is 19.7 Å². The average molecular weight is 413 g/mol. The topological polar surface area (TPSA) is 140 Å². The summed E-state index contributed by atoms with van der Waals surface area (Å²) >= 11 is 0. The fourth-order valence-corrected chi connectivity index (χ4v) is 2.65. The summed E-state index contributed by atoms with van der Waals surface area (Å²) in [6.07, 6.45) is 0. The summed E-state index contributed by atoms with van der Waals surface area (Å²) in [5, 5.41) is 19.8. The van der Waals surface area contributed by atoms with Crippen molar-refractivity contribution < 1.29 is 23.4 Å². The normalized spacial score (nSPS) is 10.5. The summed E-state index contributed by atoms with van der Waals surface area (Å²) in [5.74, 6) is -1.96. The predicted octanol–water partition coefficient (Wildman–Crippen LogP) is 2.25. The van der Waals surface area contributed by atoms with Gasteiger partial charge in [-0.2, -0.15) is 4.98 Å². The number of benzene rings is 2. The van der Waals surface area contributed by atoms with Crippen LogP contribution in [-0.2, 0) is 0 Å². The monoisotopic (exact) mass is 413 g/mol. The number of nitrogens with one attached hydrogen (secondary N) is 2. The van der Waals surface area contributed by atoms with Crippen molar-refractivity contribution in [1.82, 2.24) is 20.8 Å². The molecule has 10 nitrogen and oxygen atoms in total. The first-order chi connectivity index (χ1) is 14.4. The highest BCUT2D eigenvalue weighted by Crippen LogP contribution is 2.27. The Bertz CT molecular complexity index is 1110. The Labute approximate surface area is 169 Å². The van der Waals surface area contributed by atoms with Crippen molar-refractivity contribution in [2.75, 3.05) is 13.1 Å². The van der Waals surface area contributed by atoms with Crippen LogP contribution < -0.4 is 10.6 Å². The number of nitro benzene ring substituents is 1. The third-order valence-electron chi connectivity index (χ3n) is 4.15. The molecule has 3 aromatic rings. The van der Waals surface area contributed by atoms with Crippen molar-refractivity contribution in [3.63, 3.8) is 0 Å². The average Bonchev–Trinajstić information content (AvgIpc) is 3.21. The molecule has 0 saturated carbocycles. The van der Waals surface area contributed by atoms with E-state index in [4.69, 9.17) is 4.52 Å². The molecule has 0 aliphatic rings. The second kappa shape index (κ2) is 8.90. The second-order valence-electron chi connectivity index (χ2n) is 6.15.